The summed E-state index contributed by atoms with van der Waals surface area (Å²) >= 11 is 0. The smallest absolute Gasteiger partial charge is 0.0300 e. The Hall–Kier alpha value is -0.890. The van der Waals surface area contributed by atoms with E-state index in [4.69, 9.17) is 0 Å². The first-order valence-electron chi connectivity index (χ1n) is 8.99. The zero-order chi connectivity index (χ0) is 14.8. The van der Waals surface area contributed by atoms with Gasteiger partial charge in [0.2, 0.25) is 0 Å². The predicted octanol–water partition coefficient (Wildman–Crippen LogP) is 5.15. The molecule has 1 saturated carbocycles. The molecule has 0 unspecified atom stereocenters. The van der Waals surface area contributed by atoms with Crippen molar-refractivity contribution in [1.82, 2.24) is 10.3 Å². The highest BCUT2D eigenvalue weighted by molar-refractivity contribution is 5.21. The molecule has 1 heterocycles. The van der Waals surface area contributed by atoms with Crippen molar-refractivity contribution in [2.75, 3.05) is 0 Å². The van der Waals surface area contributed by atoms with Crippen LogP contribution in [0.5, 0.6) is 0 Å². The number of hydrogen-bond acceptors (Lipinski definition) is 2. The van der Waals surface area contributed by atoms with Gasteiger partial charge in [-0.3, -0.25) is 4.98 Å². The van der Waals surface area contributed by atoms with Crippen molar-refractivity contribution in [1.29, 1.82) is 0 Å². The molecule has 0 atom stereocenters. The van der Waals surface area contributed by atoms with Gasteiger partial charge in [0, 0.05) is 25.0 Å². The largest absolute Gasteiger partial charge is 0.310 e. The standard InChI is InChI=1S/C19H32N2/c1-17-15-20-14-13-18(17)16-21-19-11-9-7-5-3-2-4-6-8-10-12-19/h13-15,19,21H,2-12,16H2,1H3. The van der Waals surface area contributed by atoms with Gasteiger partial charge < -0.3 is 5.32 Å². The second-order valence-electron chi connectivity index (χ2n) is 6.64. The highest BCUT2D eigenvalue weighted by Crippen LogP contribution is 2.17. The van der Waals surface area contributed by atoms with E-state index in [9.17, 15) is 0 Å². The van der Waals surface area contributed by atoms with Gasteiger partial charge in [-0.25, -0.2) is 0 Å². The Bertz CT molecular complexity index is 377. The molecule has 2 heteroatoms. The summed E-state index contributed by atoms with van der Waals surface area (Å²) in [4.78, 5) is 4.18. The first kappa shape index (κ1) is 16.5. The van der Waals surface area contributed by atoms with Crippen molar-refractivity contribution in [3.63, 3.8) is 0 Å². The fourth-order valence-electron chi connectivity index (χ4n) is 3.32. The van der Waals surface area contributed by atoms with Crippen LogP contribution in [-0.2, 0) is 6.54 Å². The normalized spacial score (nSPS) is 19.7. The highest BCUT2D eigenvalue weighted by atomic mass is 14.9. The van der Waals surface area contributed by atoms with E-state index in [2.05, 4.69) is 23.3 Å². The Morgan fingerprint density at radius 3 is 2.10 bits per heavy atom. The molecule has 118 valence electrons. The first-order chi connectivity index (χ1) is 10.4. The number of rotatable bonds is 3. The third-order valence-corrected chi connectivity index (χ3v) is 4.82. The Balaban J connectivity index is 1.79. The second-order valence-corrected chi connectivity index (χ2v) is 6.64. The Labute approximate surface area is 130 Å². The summed E-state index contributed by atoms with van der Waals surface area (Å²) < 4.78 is 0. The monoisotopic (exact) mass is 288 g/mol. The quantitative estimate of drug-likeness (QED) is 0.831. The van der Waals surface area contributed by atoms with Gasteiger partial charge in [-0.2, -0.15) is 0 Å². The van der Waals surface area contributed by atoms with E-state index in [1.165, 1.54) is 81.8 Å². The molecule has 1 aromatic heterocycles. The van der Waals surface area contributed by atoms with Gasteiger partial charge in [-0.05, 0) is 37.0 Å². The lowest BCUT2D eigenvalue weighted by Gasteiger charge is -2.20. The molecule has 1 fully saturated rings. The molecule has 0 spiro atoms. The minimum absolute atomic E-state index is 0.706. The number of aryl methyl sites for hydroxylation is 1. The van der Waals surface area contributed by atoms with Gasteiger partial charge in [0.05, 0.1) is 0 Å². The van der Waals surface area contributed by atoms with Crippen LogP contribution in [0.4, 0.5) is 0 Å². The van der Waals surface area contributed by atoms with E-state index in [1.54, 1.807) is 0 Å². The topological polar surface area (TPSA) is 24.9 Å². The van der Waals surface area contributed by atoms with Crippen molar-refractivity contribution in [3.8, 4) is 0 Å². The number of aromatic nitrogens is 1. The van der Waals surface area contributed by atoms with Crippen LogP contribution in [-0.4, -0.2) is 11.0 Å². The number of nitrogens with zero attached hydrogens (tertiary/aromatic N) is 1. The molecule has 0 aliphatic heterocycles. The summed E-state index contributed by atoms with van der Waals surface area (Å²) in [5.74, 6) is 0. The van der Waals surface area contributed by atoms with Crippen molar-refractivity contribution in [2.24, 2.45) is 0 Å². The van der Waals surface area contributed by atoms with Gasteiger partial charge in [0.25, 0.3) is 0 Å². The summed E-state index contributed by atoms with van der Waals surface area (Å²) in [7, 11) is 0. The van der Waals surface area contributed by atoms with E-state index in [0.29, 0.717) is 6.04 Å². The summed E-state index contributed by atoms with van der Waals surface area (Å²) in [6, 6.07) is 2.86. The maximum absolute atomic E-state index is 4.18. The minimum Gasteiger partial charge on any atom is -0.310 e. The molecule has 1 aromatic rings. The SMILES string of the molecule is Cc1cnccc1CNC1CCCCCCCCCCC1. The maximum atomic E-state index is 4.18. The van der Waals surface area contributed by atoms with Crippen molar-refractivity contribution in [3.05, 3.63) is 29.6 Å². The molecule has 0 aromatic carbocycles. The van der Waals surface area contributed by atoms with Crippen LogP contribution in [0.3, 0.4) is 0 Å². The lowest BCUT2D eigenvalue weighted by Crippen LogP contribution is -2.29. The second kappa shape index (κ2) is 9.94. The minimum atomic E-state index is 0.706. The molecule has 0 bridgehead atoms. The van der Waals surface area contributed by atoms with Crippen molar-refractivity contribution < 1.29 is 0 Å². The molecule has 0 amide bonds. The maximum Gasteiger partial charge on any atom is 0.0300 e. The zero-order valence-electron chi connectivity index (χ0n) is 13.7. The molecule has 1 aliphatic rings. The predicted molar refractivity (Wildman–Crippen MR) is 90.4 cm³/mol. The first-order valence-corrected chi connectivity index (χ1v) is 8.99. The molecular weight excluding hydrogens is 256 g/mol. The average molecular weight is 288 g/mol. The van der Waals surface area contributed by atoms with Crippen LogP contribution in [0, 0.1) is 6.92 Å². The summed E-state index contributed by atoms with van der Waals surface area (Å²) in [6.45, 7) is 3.16. The van der Waals surface area contributed by atoms with Gasteiger partial charge in [-0.15, -0.1) is 0 Å². The van der Waals surface area contributed by atoms with E-state index in [-0.39, 0.29) is 0 Å². The van der Waals surface area contributed by atoms with Crippen LogP contribution in [0.2, 0.25) is 0 Å². The van der Waals surface area contributed by atoms with Gasteiger partial charge in [-0.1, -0.05) is 57.8 Å². The Kier molecular flexibility index (Phi) is 7.80. The third kappa shape index (κ3) is 6.60. The molecule has 2 nitrogen and oxygen atoms in total. The van der Waals surface area contributed by atoms with E-state index >= 15 is 0 Å². The van der Waals surface area contributed by atoms with Crippen LogP contribution in [0.1, 0.15) is 81.8 Å². The zero-order valence-corrected chi connectivity index (χ0v) is 13.7. The van der Waals surface area contributed by atoms with Crippen LogP contribution >= 0.6 is 0 Å². The average Bonchev–Trinajstić information content (AvgIpc) is 2.48. The van der Waals surface area contributed by atoms with Crippen molar-refractivity contribution >= 4 is 0 Å². The molecule has 2 rings (SSSR count). The Morgan fingerprint density at radius 1 is 0.952 bits per heavy atom. The Morgan fingerprint density at radius 2 is 1.52 bits per heavy atom. The van der Waals surface area contributed by atoms with Gasteiger partial charge >= 0.3 is 0 Å². The van der Waals surface area contributed by atoms with Crippen LogP contribution in [0.15, 0.2) is 18.5 Å². The fourth-order valence-corrected chi connectivity index (χ4v) is 3.32. The molecule has 1 N–H and O–H groups in total. The van der Waals surface area contributed by atoms with E-state index in [0.717, 1.165) is 6.54 Å². The fraction of sp³-hybridized carbons (Fsp3) is 0.737. The van der Waals surface area contributed by atoms with Gasteiger partial charge in [0.1, 0.15) is 0 Å². The third-order valence-electron chi connectivity index (χ3n) is 4.82. The summed E-state index contributed by atoms with van der Waals surface area (Å²) in [6.07, 6.45) is 19.5. The number of nitrogens with one attached hydrogen (secondary N) is 1. The molecule has 1 aliphatic carbocycles. The summed E-state index contributed by atoms with van der Waals surface area (Å²) in [5, 5.41) is 3.80. The van der Waals surface area contributed by atoms with Crippen molar-refractivity contribution in [2.45, 2.75) is 90.1 Å². The van der Waals surface area contributed by atoms with E-state index in [1.807, 2.05) is 12.4 Å². The summed E-state index contributed by atoms with van der Waals surface area (Å²) in [5.41, 5.74) is 2.70. The molecule has 21 heavy (non-hydrogen) atoms. The van der Waals surface area contributed by atoms with Crippen LogP contribution in [0.25, 0.3) is 0 Å². The highest BCUT2D eigenvalue weighted by Gasteiger charge is 2.09. The number of pyridine rings is 1. The lowest BCUT2D eigenvalue weighted by atomic mass is 9.97. The van der Waals surface area contributed by atoms with Gasteiger partial charge in [0.15, 0.2) is 0 Å². The molecule has 0 saturated heterocycles. The molecular formula is C19H32N2. The molecule has 0 radical (unpaired) electrons. The van der Waals surface area contributed by atoms with Crippen LogP contribution < -0.4 is 5.32 Å². The lowest BCUT2D eigenvalue weighted by molar-refractivity contribution is 0.402. The number of hydrogen-bond donors (Lipinski definition) is 1. The van der Waals surface area contributed by atoms with E-state index < -0.39 is 0 Å².